The van der Waals surface area contributed by atoms with E-state index in [1.165, 1.54) is 0 Å². The van der Waals surface area contributed by atoms with Gasteiger partial charge >= 0.3 is 0 Å². The van der Waals surface area contributed by atoms with Gasteiger partial charge in [-0.3, -0.25) is 4.79 Å². The molecule has 3 nitrogen and oxygen atoms in total. The Bertz CT molecular complexity index is 461. The van der Waals surface area contributed by atoms with Gasteiger partial charge in [0.2, 0.25) is 6.10 Å². The minimum Gasteiger partial charge on any atom is -0.477 e. The first-order valence-corrected chi connectivity index (χ1v) is 5.37. The lowest BCUT2D eigenvalue weighted by Gasteiger charge is -2.43. The Balaban J connectivity index is 2.06. The number of rotatable bonds is 4. The van der Waals surface area contributed by atoms with E-state index in [2.05, 4.69) is 12.5 Å². The maximum atomic E-state index is 11.8. The molecular weight excluding hydrogens is 214 g/mol. The lowest BCUT2D eigenvalue weighted by atomic mass is 9.98. The van der Waals surface area contributed by atoms with Gasteiger partial charge in [0.15, 0.2) is 0 Å². The van der Waals surface area contributed by atoms with Crippen LogP contribution in [0.5, 0.6) is 5.75 Å². The van der Waals surface area contributed by atoms with Crippen LogP contribution in [0.1, 0.15) is 0 Å². The van der Waals surface area contributed by atoms with Gasteiger partial charge in [0.25, 0.3) is 5.91 Å². The smallest absolute Gasteiger partial charge is 0.268 e. The van der Waals surface area contributed by atoms with E-state index in [1.807, 2.05) is 18.2 Å². The van der Waals surface area contributed by atoms with Crippen molar-refractivity contribution in [3.63, 3.8) is 0 Å². The maximum absolute atomic E-state index is 11.8. The van der Waals surface area contributed by atoms with Crippen molar-refractivity contribution < 1.29 is 9.53 Å². The fourth-order valence-electron chi connectivity index (χ4n) is 1.80. The Labute approximate surface area is 101 Å². The molecule has 1 aromatic carbocycles. The number of para-hydroxylation sites is 1. The van der Waals surface area contributed by atoms with Crippen LogP contribution in [-0.2, 0) is 4.79 Å². The van der Waals surface area contributed by atoms with Crippen LogP contribution in [0.3, 0.4) is 0 Å². The zero-order valence-corrected chi connectivity index (χ0v) is 9.37. The molecular formula is C14H13NO2. The summed E-state index contributed by atoms with van der Waals surface area (Å²) in [7, 11) is 0. The predicted molar refractivity (Wildman–Crippen MR) is 65.4 cm³/mol. The number of nitrogens with zero attached hydrogens (tertiary/aromatic N) is 1. The Hall–Kier alpha value is -2.21. The molecule has 2 rings (SSSR count). The van der Waals surface area contributed by atoms with Crippen LogP contribution in [0, 0.1) is 12.3 Å². The average molecular weight is 227 g/mol. The highest BCUT2D eigenvalue weighted by molar-refractivity contribution is 5.90. The predicted octanol–water partition coefficient (Wildman–Crippen LogP) is 1.46. The van der Waals surface area contributed by atoms with Gasteiger partial charge in [-0.25, -0.2) is 0 Å². The van der Waals surface area contributed by atoms with Crippen molar-refractivity contribution in [1.82, 2.24) is 4.90 Å². The molecule has 1 saturated heterocycles. The summed E-state index contributed by atoms with van der Waals surface area (Å²) in [6.07, 6.45) is 6.49. The standard InChI is InChI=1S/C14H13NO2/c1-3-10-15-12(4-2)13(14(15)16)17-11-8-6-5-7-9-11/h2-3,5-9,12-13H,1,10H2/t12-,13+/m0/s1. The molecule has 1 fully saturated rings. The summed E-state index contributed by atoms with van der Waals surface area (Å²) in [5.74, 6) is 3.14. The number of benzene rings is 1. The van der Waals surface area contributed by atoms with Crippen molar-refractivity contribution in [2.75, 3.05) is 6.54 Å². The minimum atomic E-state index is -0.567. The number of likely N-dealkylation sites (tertiary alicyclic amines) is 1. The van der Waals surface area contributed by atoms with Gasteiger partial charge in [-0.15, -0.1) is 13.0 Å². The lowest BCUT2D eigenvalue weighted by Crippen LogP contribution is -2.66. The number of carbonyl (C=O) groups excluding carboxylic acids is 1. The normalized spacial score (nSPS) is 22.5. The summed E-state index contributed by atoms with van der Waals surface area (Å²) in [5, 5.41) is 0. The number of ether oxygens (including phenoxy) is 1. The molecule has 1 aromatic rings. The van der Waals surface area contributed by atoms with E-state index in [0.29, 0.717) is 12.3 Å². The molecule has 1 aliphatic rings. The number of hydrogen-bond donors (Lipinski definition) is 0. The van der Waals surface area contributed by atoms with Crippen LogP contribution in [0.25, 0.3) is 0 Å². The minimum absolute atomic E-state index is 0.0864. The zero-order chi connectivity index (χ0) is 12.3. The molecule has 0 radical (unpaired) electrons. The van der Waals surface area contributed by atoms with Crippen LogP contribution in [0.2, 0.25) is 0 Å². The molecule has 0 aliphatic carbocycles. The molecule has 1 heterocycles. The second-order valence-corrected chi connectivity index (χ2v) is 3.74. The first-order valence-electron chi connectivity index (χ1n) is 5.37. The molecule has 1 aliphatic heterocycles. The van der Waals surface area contributed by atoms with Gasteiger partial charge in [0.05, 0.1) is 0 Å². The van der Waals surface area contributed by atoms with Crippen molar-refractivity contribution in [2.45, 2.75) is 12.1 Å². The van der Waals surface area contributed by atoms with Crippen LogP contribution in [0.15, 0.2) is 43.0 Å². The molecule has 0 saturated carbocycles. The second kappa shape index (κ2) is 4.75. The number of carbonyl (C=O) groups is 1. The third-order valence-electron chi connectivity index (χ3n) is 2.65. The largest absolute Gasteiger partial charge is 0.477 e. The monoisotopic (exact) mass is 227 g/mol. The third-order valence-corrected chi connectivity index (χ3v) is 2.65. The van der Waals surface area contributed by atoms with Gasteiger partial charge in [-0.2, -0.15) is 0 Å². The highest BCUT2D eigenvalue weighted by atomic mass is 16.5. The average Bonchev–Trinajstić information content (AvgIpc) is 2.38. The molecule has 0 unspecified atom stereocenters. The Morgan fingerprint density at radius 2 is 2.18 bits per heavy atom. The summed E-state index contributed by atoms with van der Waals surface area (Å²) in [4.78, 5) is 13.4. The third kappa shape index (κ3) is 2.02. The van der Waals surface area contributed by atoms with E-state index < -0.39 is 6.10 Å². The van der Waals surface area contributed by atoms with Gasteiger partial charge in [-0.1, -0.05) is 30.2 Å². The molecule has 86 valence electrons. The first kappa shape index (κ1) is 11.3. The van der Waals surface area contributed by atoms with E-state index >= 15 is 0 Å². The molecule has 1 amide bonds. The van der Waals surface area contributed by atoms with Crippen LogP contribution in [0.4, 0.5) is 0 Å². The van der Waals surface area contributed by atoms with Crippen molar-refractivity contribution in [3.8, 4) is 18.1 Å². The van der Waals surface area contributed by atoms with Gasteiger partial charge in [-0.05, 0) is 12.1 Å². The molecule has 0 N–H and O–H groups in total. The van der Waals surface area contributed by atoms with E-state index in [0.717, 1.165) is 0 Å². The highest BCUT2D eigenvalue weighted by Crippen LogP contribution is 2.24. The number of amides is 1. The van der Waals surface area contributed by atoms with Crippen molar-refractivity contribution >= 4 is 5.91 Å². The molecule has 0 bridgehead atoms. The molecule has 3 heteroatoms. The maximum Gasteiger partial charge on any atom is 0.268 e. The van der Waals surface area contributed by atoms with Crippen LogP contribution >= 0.6 is 0 Å². The molecule has 17 heavy (non-hydrogen) atoms. The summed E-state index contributed by atoms with van der Waals surface area (Å²) in [6, 6.07) is 8.89. The topological polar surface area (TPSA) is 29.5 Å². The number of terminal acetylenes is 1. The van der Waals surface area contributed by atoms with Gasteiger partial charge < -0.3 is 9.64 Å². The van der Waals surface area contributed by atoms with Gasteiger partial charge in [0.1, 0.15) is 11.8 Å². The Morgan fingerprint density at radius 1 is 1.47 bits per heavy atom. The SMILES string of the molecule is C#C[C@H]1[C@@H](Oc2ccccc2)C(=O)N1CC=C. The highest BCUT2D eigenvalue weighted by Gasteiger charge is 2.47. The van der Waals surface area contributed by atoms with E-state index in [-0.39, 0.29) is 11.9 Å². The zero-order valence-electron chi connectivity index (χ0n) is 9.37. The lowest BCUT2D eigenvalue weighted by molar-refractivity contribution is -0.157. The van der Waals surface area contributed by atoms with Crippen molar-refractivity contribution in [2.24, 2.45) is 0 Å². The fraction of sp³-hybridized carbons (Fsp3) is 0.214. The molecule has 2 atom stereocenters. The fourth-order valence-corrected chi connectivity index (χ4v) is 1.80. The van der Waals surface area contributed by atoms with Gasteiger partial charge in [0, 0.05) is 6.54 Å². The van der Waals surface area contributed by atoms with E-state index in [4.69, 9.17) is 11.2 Å². The summed E-state index contributed by atoms with van der Waals surface area (Å²) < 4.78 is 5.57. The number of β-lactam (4-membered cyclic amide) rings is 1. The summed E-state index contributed by atoms with van der Waals surface area (Å²) in [5.41, 5.74) is 0. The number of hydrogen-bond acceptors (Lipinski definition) is 2. The van der Waals surface area contributed by atoms with Crippen molar-refractivity contribution in [1.29, 1.82) is 0 Å². The van der Waals surface area contributed by atoms with E-state index in [1.54, 1.807) is 23.1 Å². The quantitative estimate of drug-likeness (QED) is 0.443. The van der Waals surface area contributed by atoms with Crippen LogP contribution < -0.4 is 4.74 Å². The van der Waals surface area contributed by atoms with E-state index in [9.17, 15) is 4.79 Å². The van der Waals surface area contributed by atoms with Crippen molar-refractivity contribution in [3.05, 3.63) is 43.0 Å². The summed E-state index contributed by atoms with van der Waals surface area (Å²) in [6.45, 7) is 4.05. The molecule has 0 aromatic heterocycles. The molecule has 0 spiro atoms. The summed E-state index contributed by atoms with van der Waals surface area (Å²) >= 11 is 0. The first-order chi connectivity index (χ1) is 8.27. The Kier molecular flexibility index (Phi) is 3.15. The second-order valence-electron chi connectivity index (χ2n) is 3.74. The van der Waals surface area contributed by atoms with Crippen LogP contribution in [-0.4, -0.2) is 29.5 Å². The Morgan fingerprint density at radius 3 is 2.76 bits per heavy atom.